The van der Waals surface area contributed by atoms with Crippen LogP contribution in [0.5, 0.6) is 0 Å². The van der Waals surface area contributed by atoms with Crippen LogP contribution in [0.25, 0.3) is 0 Å². The van der Waals surface area contributed by atoms with Crippen LogP contribution in [0.4, 0.5) is 5.69 Å². The van der Waals surface area contributed by atoms with Crippen molar-refractivity contribution < 1.29 is 12.9 Å². The molecule has 0 aromatic carbocycles. The Morgan fingerprint density at radius 1 is 1.38 bits per heavy atom. The molecule has 16 heavy (non-hydrogen) atoms. The van der Waals surface area contributed by atoms with Gasteiger partial charge >= 0.3 is 0 Å². The lowest BCUT2D eigenvalue weighted by atomic mass is 10.5. The fourth-order valence-corrected chi connectivity index (χ4v) is 2.02. The van der Waals surface area contributed by atoms with Crippen molar-refractivity contribution in [3.63, 3.8) is 0 Å². The van der Waals surface area contributed by atoms with Crippen LogP contribution in [-0.4, -0.2) is 18.6 Å². The Hall–Kier alpha value is -2.09. The zero-order chi connectivity index (χ0) is 11.6. The van der Waals surface area contributed by atoms with E-state index in [1.54, 1.807) is 0 Å². The van der Waals surface area contributed by atoms with E-state index in [-0.39, 0.29) is 16.1 Å². The van der Waals surface area contributed by atoms with Crippen molar-refractivity contribution in [1.82, 2.24) is 10.1 Å². The lowest BCUT2D eigenvalue weighted by Gasteiger charge is -2.03. The van der Waals surface area contributed by atoms with E-state index in [9.17, 15) is 13.2 Å². The first-order chi connectivity index (χ1) is 7.58. The van der Waals surface area contributed by atoms with Crippen LogP contribution in [-0.2, 0) is 10.0 Å². The second-order valence-electron chi connectivity index (χ2n) is 2.91. The van der Waals surface area contributed by atoms with Gasteiger partial charge in [0, 0.05) is 12.3 Å². The van der Waals surface area contributed by atoms with Gasteiger partial charge in [0.05, 0.1) is 6.20 Å². The first kappa shape index (κ1) is 10.4. The smallest absolute Gasteiger partial charge is 0.263 e. The second kappa shape index (κ2) is 3.81. The Morgan fingerprint density at radius 2 is 2.19 bits per heavy atom. The number of H-pyrrole nitrogens is 1. The molecule has 0 atom stereocenters. The van der Waals surface area contributed by atoms with E-state index in [4.69, 9.17) is 0 Å². The van der Waals surface area contributed by atoms with E-state index in [0.29, 0.717) is 0 Å². The third kappa shape index (κ3) is 2.11. The number of sulfonamides is 1. The minimum Gasteiger partial charge on any atom is -0.362 e. The van der Waals surface area contributed by atoms with Gasteiger partial charge in [0.2, 0.25) is 5.56 Å². The highest BCUT2D eigenvalue weighted by Gasteiger charge is 2.14. The standard InChI is InChI=1S/C8H7N3O4S/c12-8-2-1-7(4-9-8)16(13,14)11-6-3-10-15-5-6/h1-5,11H,(H,9,12). The average Bonchev–Trinajstić information content (AvgIpc) is 2.70. The van der Waals surface area contributed by atoms with Gasteiger partial charge in [-0.3, -0.25) is 9.52 Å². The lowest BCUT2D eigenvalue weighted by molar-refractivity contribution is 0.420. The maximum absolute atomic E-state index is 11.7. The van der Waals surface area contributed by atoms with E-state index < -0.39 is 10.0 Å². The van der Waals surface area contributed by atoms with Crippen molar-refractivity contribution in [2.45, 2.75) is 4.90 Å². The molecular formula is C8H7N3O4S. The van der Waals surface area contributed by atoms with E-state index >= 15 is 0 Å². The quantitative estimate of drug-likeness (QED) is 0.796. The summed E-state index contributed by atoms with van der Waals surface area (Å²) in [6, 6.07) is 2.33. The summed E-state index contributed by atoms with van der Waals surface area (Å²) in [5.74, 6) is 0. The number of rotatable bonds is 3. The van der Waals surface area contributed by atoms with Gasteiger partial charge in [0.1, 0.15) is 16.8 Å². The molecule has 0 radical (unpaired) electrons. The molecule has 0 aliphatic carbocycles. The van der Waals surface area contributed by atoms with Gasteiger partial charge in [0.25, 0.3) is 10.0 Å². The maximum Gasteiger partial charge on any atom is 0.263 e. The highest BCUT2D eigenvalue weighted by atomic mass is 32.2. The van der Waals surface area contributed by atoms with Crippen LogP contribution in [0.2, 0.25) is 0 Å². The Balaban J connectivity index is 2.32. The van der Waals surface area contributed by atoms with Gasteiger partial charge < -0.3 is 9.51 Å². The third-order valence-corrected chi connectivity index (χ3v) is 3.13. The molecule has 2 rings (SSSR count). The Labute approximate surface area is 90.1 Å². The molecule has 0 aliphatic rings. The zero-order valence-electron chi connectivity index (χ0n) is 7.88. The second-order valence-corrected chi connectivity index (χ2v) is 4.59. The molecule has 2 N–H and O–H groups in total. The van der Waals surface area contributed by atoms with Crippen LogP contribution in [0, 0.1) is 0 Å². The van der Waals surface area contributed by atoms with Crippen LogP contribution >= 0.6 is 0 Å². The molecule has 0 spiro atoms. The predicted octanol–water partition coefficient (Wildman–Crippen LogP) is 0.164. The molecule has 2 aromatic rings. The molecule has 2 heterocycles. The molecule has 0 bridgehead atoms. The fourth-order valence-electron chi connectivity index (χ4n) is 1.03. The van der Waals surface area contributed by atoms with Gasteiger partial charge in [-0.1, -0.05) is 5.16 Å². The average molecular weight is 241 g/mol. The summed E-state index contributed by atoms with van der Waals surface area (Å²) in [5.41, 5.74) is -0.157. The number of hydrogen-bond donors (Lipinski definition) is 2. The minimum atomic E-state index is -3.72. The number of pyridine rings is 1. The topological polar surface area (TPSA) is 105 Å². The molecule has 0 saturated carbocycles. The highest BCUT2D eigenvalue weighted by Crippen LogP contribution is 2.12. The van der Waals surface area contributed by atoms with E-state index in [1.165, 1.54) is 12.3 Å². The minimum absolute atomic E-state index is 0.0479. The summed E-state index contributed by atoms with van der Waals surface area (Å²) in [6.07, 6.45) is 3.49. The summed E-state index contributed by atoms with van der Waals surface area (Å²) < 4.78 is 30.1. The fraction of sp³-hybridized carbons (Fsp3) is 0. The van der Waals surface area contributed by atoms with Crippen molar-refractivity contribution in [2.24, 2.45) is 0 Å². The highest BCUT2D eigenvalue weighted by molar-refractivity contribution is 7.92. The normalized spacial score (nSPS) is 11.2. The van der Waals surface area contributed by atoms with Crippen LogP contribution < -0.4 is 10.3 Å². The van der Waals surface area contributed by atoms with Crippen LogP contribution in [0.3, 0.4) is 0 Å². The zero-order valence-corrected chi connectivity index (χ0v) is 8.69. The summed E-state index contributed by atoms with van der Waals surface area (Å²) in [7, 11) is -3.72. The van der Waals surface area contributed by atoms with E-state index in [2.05, 4.69) is 19.4 Å². The Morgan fingerprint density at radius 3 is 2.75 bits per heavy atom. The molecule has 0 aliphatic heterocycles. The Kier molecular flexibility index (Phi) is 2.49. The van der Waals surface area contributed by atoms with Crippen molar-refractivity contribution >= 4 is 15.7 Å². The van der Waals surface area contributed by atoms with E-state index in [0.717, 1.165) is 18.5 Å². The van der Waals surface area contributed by atoms with Gasteiger partial charge in [-0.25, -0.2) is 8.42 Å². The molecule has 0 fully saturated rings. The monoisotopic (exact) mass is 241 g/mol. The molecule has 2 aromatic heterocycles. The number of aromatic amines is 1. The number of nitrogens with zero attached hydrogens (tertiary/aromatic N) is 1. The van der Waals surface area contributed by atoms with Crippen molar-refractivity contribution in [3.8, 4) is 0 Å². The summed E-state index contributed by atoms with van der Waals surface area (Å²) in [5, 5.41) is 3.35. The van der Waals surface area contributed by atoms with Crippen molar-refractivity contribution in [3.05, 3.63) is 41.1 Å². The number of anilines is 1. The molecule has 8 heteroatoms. The SMILES string of the molecule is O=c1ccc(S(=O)(=O)Nc2cnoc2)c[nH]1. The molecule has 0 saturated heterocycles. The van der Waals surface area contributed by atoms with Gasteiger partial charge in [-0.2, -0.15) is 0 Å². The number of hydrogen-bond acceptors (Lipinski definition) is 5. The van der Waals surface area contributed by atoms with Gasteiger partial charge in [-0.15, -0.1) is 0 Å². The van der Waals surface area contributed by atoms with Crippen LogP contribution in [0.1, 0.15) is 0 Å². The first-order valence-corrected chi connectivity index (χ1v) is 5.67. The summed E-state index contributed by atoms with van der Waals surface area (Å²) in [6.45, 7) is 0. The van der Waals surface area contributed by atoms with Gasteiger partial charge in [-0.05, 0) is 6.07 Å². The van der Waals surface area contributed by atoms with E-state index in [1.807, 2.05) is 0 Å². The lowest BCUT2D eigenvalue weighted by Crippen LogP contribution is -2.14. The van der Waals surface area contributed by atoms with Gasteiger partial charge in [0.15, 0.2) is 0 Å². The van der Waals surface area contributed by atoms with Crippen molar-refractivity contribution in [1.29, 1.82) is 0 Å². The molecule has 84 valence electrons. The van der Waals surface area contributed by atoms with Crippen molar-refractivity contribution in [2.75, 3.05) is 4.72 Å². The summed E-state index contributed by atoms with van der Waals surface area (Å²) in [4.78, 5) is 13.0. The Bertz CT molecular complexity index is 609. The number of aromatic nitrogens is 2. The van der Waals surface area contributed by atoms with Crippen LogP contribution in [0.15, 0.2) is 45.0 Å². The largest absolute Gasteiger partial charge is 0.362 e. The molecular weight excluding hydrogens is 234 g/mol. The molecule has 0 amide bonds. The molecule has 0 unspecified atom stereocenters. The number of nitrogens with one attached hydrogen (secondary N) is 2. The maximum atomic E-state index is 11.7. The predicted molar refractivity (Wildman–Crippen MR) is 54.4 cm³/mol. The molecule has 7 nitrogen and oxygen atoms in total. The summed E-state index contributed by atoms with van der Waals surface area (Å²) >= 11 is 0. The first-order valence-electron chi connectivity index (χ1n) is 4.19. The third-order valence-electron chi connectivity index (χ3n) is 1.75.